The molecule has 13 rings (SSSR count). The number of benzene rings is 8. The van der Waals surface area contributed by atoms with E-state index in [2.05, 4.69) is 285 Å². The largest absolute Gasteiger partial charge is 0.311 e. The number of anilines is 9. The van der Waals surface area contributed by atoms with Crippen molar-refractivity contribution >= 4 is 74.3 Å². The van der Waals surface area contributed by atoms with Gasteiger partial charge in [0.2, 0.25) is 0 Å². The van der Waals surface area contributed by atoms with Crippen LogP contribution in [0.3, 0.4) is 0 Å². The SMILES string of the molecule is Cc1cc2c3c(c1)N(c1cc4c(cc1C)C(C)(C)CCC4(C)C)c1cc4c(cc1B3c1ccc(N(c3ccc(C(C)(C)C)cc3)c3ccc(C(C)(C)C)cc3)cc1N2c1ccc2c(c1)-c1ccccc1C2(C)C)C(C)(C)CC4(C)C. The van der Waals surface area contributed by atoms with Crippen molar-refractivity contribution in [3.8, 4) is 11.1 Å². The molecule has 0 bridgehead atoms. The molecule has 0 saturated carbocycles. The van der Waals surface area contributed by atoms with Crippen LogP contribution in [0.5, 0.6) is 0 Å². The lowest BCUT2D eigenvalue weighted by atomic mass is 9.33. The average molecular weight is 1050 g/mol. The first-order valence-electron chi connectivity index (χ1n) is 30.0. The average Bonchev–Trinajstić information content (AvgIpc) is 3.80. The van der Waals surface area contributed by atoms with E-state index in [-0.39, 0.29) is 44.6 Å². The topological polar surface area (TPSA) is 9.72 Å². The fraction of sp³-hybridized carbons (Fsp3) is 0.368. The highest BCUT2D eigenvalue weighted by atomic mass is 15.2. The Morgan fingerprint density at radius 1 is 0.412 bits per heavy atom. The molecule has 0 N–H and O–H groups in total. The molecule has 0 radical (unpaired) electrons. The maximum atomic E-state index is 2.73. The molecule has 0 fully saturated rings. The summed E-state index contributed by atoms with van der Waals surface area (Å²) < 4.78 is 0. The Morgan fingerprint density at radius 3 is 1.51 bits per heavy atom. The molecule has 3 aliphatic carbocycles. The monoisotopic (exact) mass is 1050 g/mol. The van der Waals surface area contributed by atoms with Gasteiger partial charge in [-0.3, -0.25) is 0 Å². The van der Waals surface area contributed by atoms with E-state index in [9.17, 15) is 0 Å². The van der Waals surface area contributed by atoms with E-state index in [1.807, 2.05) is 0 Å². The first-order valence-corrected chi connectivity index (χ1v) is 30.0. The van der Waals surface area contributed by atoms with Gasteiger partial charge < -0.3 is 14.7 Å². The number of nitrogens with zero attached hydrogens (tertiary/aromatic N) is 3. The van der Waals surface area contributed by atoms with Gasteiger partial charge in [-0.05, 0) is 222 Å². The van der Waals surface area contributed by atoms with Crippen LogP contribution in [0.2, 0.25) is 0 Å². The van der Waals surface area contributed by atoms with Gasteiger partial charge in [-0.1, -0.05) is 184 Å². The first-order chi connectivity index (χ1) is 37.5. The Hall–Kier alpha value is -6.78. The quantitative estimate of drug-likeness (QED) is 0.159. The van der Waals surface area contributed by atoms with Crippen molar-refractivity contribution in [3.05, 3.63) is 201 Å². The molecule has 80 heavy (non-hydrogen) atoms. The molecule has 0 spiro atoms. The predicted molar refractivity (Wildman–Crippen MR) is 346 cm³/mol. The summed E-state index contributed by atoms with van der Waals surface area (Å²) in [5.74, 6) is 0. The molecule has 406 valence electrons. The molecular formula is C76H84BN3. The zero-order chi connectivity index (χ0) is 56.8. The Labute approximate surface area is 480 Å². The van der Waals surface area contributed by atoms with Gasteiger partial charge in [0.1, 0.15) is 0 Å². The van der Waals surface area contributed by atoms with E-state index in [1.54, 1.807) is 0 Å². The van der Waals surface area contributed by atoms with E-state index in [4.69, 9.17) is 0 Å². The van der Waals surface area contributed by atoms with Gasteiger partial charge in [0.05, 0.1) is 0 Å². The van der Waals surface area contributed by atoms with Gasteiger partial charge in [-0.2, -0.15) is 0 Å². The van der Waals surface area contributed by atoms with Crippen molar-refractivity contribution in [2.24, 2.45) is 0 Å². The molecule has 3 nitrogen and oxygen atoms in total. The molecule has 0 amide bonds. The lowest BCUT2D eigenvalue weighted by Crippen LogP contribution is -2.61. The lowest BCUT2D eigenvalue weighted by Gasteiger charge is -2.46. The molecule has 2 aliphatic heterocycles. The summed E-state index contributed by atoms with van der Waals surface area (Å²) >= 11 is 0. The Kier molecular flexibility index (Phi) is 11.3. The number of rotatable bonds is 5. The zero-order valence-corrected chi connectivity index (χ0v) is 51.4. The van der Waals surface area contributed by atoms with E-state index >= 15 is 0 Å². The first kappa shape index (κ1) is 52.6. The second-order valence-corrected chi connectivity index (χ2v) is 30.2. The van der Waals surface area contributed by atoms with Crippen molar-refractivity contribution in [2.45, 2.75) is 182 Å². The maximum absolute atomic E-state index is 2.73. The smallest absolute Gasteiger partial charge is 0.252 e. The number of hydrogen-bond acceptors (Lipinski definition) is 3. The van der Waals surface area contributed by atoms with Crippen molar-refractivity contribution < 1.29 is 0 Å². The Balaban J connectivity index is 1.11. The highest BCUT2D eigenvalue weighted by Crippen LogP contribution is 2.56. The number of hydrogen-bond donors (Lipinski definition) is 0. The van der Waals surface area contributed by atoms with Gasteiger partial charge in [-0.25, -0.2) is 0 Å². The van der Waals surface area contributed by atoms with E-state index in [1.165, 1.54) is 130 Å². The number of fused-ring (bicyclic) bond motifs is 9. The third-order valence-corrected chi connectivity index (χ3v) is 20.2. The minimum Gasteiger partial charge on any atom is -0.311 e. The molecule has 4 heteroatoms. The summed E-state index contributed by atoms with van der Waals surface area (Å²) in [5.41, 5.74) is 31.9. The van der Waals surface area contributed by atoms with E-state index in [0.29, 0.717) is 0 Å². The Morgan fingerprint density at radius 2 is 0.912 bits per heavy atom. The predicted octanol–water partition coefficient (Wildman–Crippen LogP) is 19.1. The van der Waals surface area contributed by atoms with Crippen LogP contribution in [0, 0.1) is 13.8 Å². The molecule has 5 aliphatic rings. The summed E-state index contributed by atoms with van der Waals surface area (Å²) in [6.45, 7) is 43.1. The van der Waals surface area contributed by atoms with Gasteiger partial charge in [0.15, 0.2) is 0 Å². The van der Waals surface area contributed by atoms with E-state index in [0.717, 1.165) is 23.5 Å². The van der Waals surface area contributed by atoms with Gasteiger partial charge in [0.25, 0.3) is 6.71 Å². The van der Waals surface area contributed by atoms with Crippen LogP contribution >= 0.6 is 0 Å². The minimum absolute atomic E-state index is 0.0138. The van der Waals surface area contributed by atoms with Crippen molar-refractivity contribution in [2.75, 3.05) is 14.7 Å². The summed E-state index contributed by atoms with van der Waals surface area (Å²) in [6.07, 6.45) is 3.47. The standard InChI is InChI=1S/C76H84BN3/c1-46-37-67-69-68(38-46)80(64-43-60-58(39-47(64)2)72(9,10)35-36-73(60,11)12)66-44-61-59(74(13,14)45-75(61,15)16)42-63(66)77(69)62-34-32-53(41-65(62)79(67)52-31-33-57-55(40-52)54-21-19-20-22-56(54)76(57,17)18)78(50-27-23-48(24-28-50)70(3,4)5)51-29-25-49(26-30-51)71(6,7)8/h19-34,37-44H,35-36,45H2,1-18H3. The third kappa shape index (κ3) is 7.87. The van der Waals surface area contributed by atoms with Crippen LogP contribution in [0.1, 0.15) is 186 Å². The van der Waals surface area contributed by atoms with Gasteiger partial charge in [0, 0.05) is 56.6 Å². The Bertz CT molecular complexity index is 3830. The lowest BCUT2D eigenvalue weighted by molar-refractivity contribution is 0.332. The fourth-order valence-electron chi connectivity index (χ4n) is 15.7. The van der Waals surface area contributed by atoms with Crippen LogP contribution in [0.15, 0.2) is 146 Å². The second kappa shape index (κ2) is 17.1. The summed E-state index contributed by atoms with van der Waals surface area (Å²) in [4.78, 5) is 7.88. The van der Waals surface area contributed by atoms with Crippen LogP contribution < -0.4 is 31.1 Å². The van der Waals surface area contributed by atoms with Crippen molar-refractivity contribution in [1.82, 2.24) is 0 Å². The minimum atomic E-state index is -0.111. The highest BCUT2D eigenvalue weighted by molar-refractivity contribution is 7.00. The van der Waals surface area contributed by atoms with Gasteiger partial charge >= 0.3 is 0 Å². The zero-order valence-electron chi connectivity index (χ0n) is 51.4. The third-order valence-electron chi connectivity index (χ3n) is 20.2. The van der Waals surface area contributed by atoms with Crippen molar-refractivity contribution in [3.63, 3.8) is 0 Å². The maximum Gasteiger partial charge on any atom is 0.252 e. The summed E-state index contributed by atoms with van der Waals surface area (Å²) in [6, 6.07) is 58.2. The molecule has 2 heterocycles. The molecule has 0 aromatic heterocycles. The second-order valence-electron chi connectivity index (χ2n) is 30.2. The van der Waals surface area contributed by atoms with Crippen molar-refractivity contribution in [1.29, 1.82) is 0 Å². The highest BCUT2D eigenvalue weighted by Gasteiger charge is 2.49. The number of aryl methyl sites for hydroxylation is 2. The fourth-order valence-corrected chi connectivity index (χ4v) is 15.7. The van der Waals surface area contributed by atoms with Crippen LogP contribution in [-0.4, -0.2) is 6.71 Å². The summed E-state index contributed by atoms with van der Waals surface area (Å²) in [7, 11) is 0. The van der Waals surface area contributed by atoms with Crippen LogP contribution in [0.25, 0.3) is 11.1 Å². The van der Waals surface area contributed by atoms with Crippen LogP contribution in [0.4, 0.5) is 51.2 Å². The normalized spacial score (nSPS) is 18.1. The van der Waals surface area contributed by atoms with E-state index < -0.39 is 0 Å². The molecule has 0 unspecified atom stereocenters. The molecule has 8 aromatic carbocycles. The molecule has 8 aromatic rings. The molecular weight excluding hydrogens is 966 g/mol. The molecule has 0 atom stereocenters. The summed E-state index contributed by atoms with van der Waals surface area (Å²) in [5, 5.41) is 0. The molecule has 0 saturated heterocycles. The van der Waals surface area contributed by atoms with Crippen LogP contribution in [-0.2, 0) is 37.9 Å². The van der Waals surface area contributed by atoms with Gasteiger partial charge in [-0.15, -0.1) is 0 Å².